The minimum atomic E-state index is -0.241. The van der Waals surface area contributed by atoms with Gasteiger partial charge in [0.25, 0.3) is 0 Å². The van der Waals surface area contributed by atoms with Crippen LogP contribution in [0.15, 0.2) is 24.3 Å². The molecule has 0 aliphatic carbocycles. The first-order valence-electron chi connectivity index (χ1n) is 8.36. The van der Waals surface area contributed by atoms with Crippen LogP contribution in [0.1, 0.15) is 25.3 Å². The number of morpholine rings is 1. The number of ether oxygens (including phenoxy) is 2. The fraction of sp³-hybridized carbons (Fsp3) is 0.611. The SMILES string of the molecule is COc1cccc(CN2CC(C)(C3CCNCC3)OCC2=O)c1. The van der Waals surface area contributed by atoms with Crippen LogP contribution < -0.4 is 10.1 Å². The summed E-state index contributed by atoms with van der Waals surface area (Å²) in [5.41, 5.74) is 0.849. The molecule has 23 heavy (non-hydrogen) atoms. The molecule has 5 nitrogen and oxygen atoms in total. The van der Waals surface area contributed by atoms with Gasteiger partial charge in [-0.15, -0.1) is 0 Å². The number of benzene rings is 1. The predicted molar refractivity (Wildman–Crippen MR) is 88.4 cm³/mol. The van der Waals surface area contributed by atoms with Crippen molar-refractivity contribution < 1.29 is 14.3 Å². The number of methoxy groups -OCH3 is 1. The van der Waals surface area contributed by atoms with Crippen LogP contribution in [0, 0.1) is 5.92 Å². The third-order valence-corrected chi connectivity index (χ3v) is 5.09. The highest BCUT2D eigenvalue weighted by Crippen LogP contribution is 2.33. The summed E-state index contributed by atoms with van der Waals surface area (Å²) in [7, 11) is 1.66. The number of carbonyl (C=O) groups is 1. The molecule has 126 valence electrons. The zero-order valence-corrected chi connectivity index (χ0v) is 14.0. The number of hydrogen-bond acceptors (Lipinski definition) is 4. The molecule has 0 saturated carbocycles. The van der Waals surface area contributed by atoms with Crippen LogP contribution in [0.25, 0.3) is 0 Å². The van der Waals surface area contributed by atoms with Gasteiger partial charge >= 0.3 is 0 Å². The third kappa shape index (κ3) is 3.67. The largest absolute Gasteiger partial charge is 0.497 e. The van der Waals surface area contributed by atoms with Crippen molar-refractivity contribution in [1.29, 1.82) is 0 Å². The van der Waals surface area contributed by atoms with Crippen LogP contribution in [-0.2, 0) is 16.1 Å². The molecule has 1 N–H and O–H groups in total. The summed E-state index contributed by atoms with van der Waals surface area (Å²) in [6, 6.07) is 7.91. The highest BCUT2D eigenvalue weighted by molar-refractivity contribution is 5.78. The Bertz CT molecular complexity index is 557. The summed E-state index contributed by atoms with van der Waals surface area (Å²) >= 11 is 0. The van der Waals surface area contributed by atoms with Crippen molar-refractivity contribution in [2.24, 2.45) is 5.92 Å². The van der Waals surface area contributed by atoms with E-state index in [0.717, 1.165) is 37.2 Å². The van der Waals surface area contributed by atoms with Crippen LogP contribution >= 0.6 is 0 Å². The predicted octanol–water partition coefficient (Wildman–Crippen LogP) is 1.81. The lowest BCUT2D eigenvalue weighted by Gasteiger charge is -2.46. The van der Waals surface area contributed by atoms with Gasteiger partial charge in [-0.25, -0.2) is 0 Å². The van der Waals surface area contributed by atoms with Gasteiger partial charge in [-0.2, -0.15) is 0 Å². The second-order valence-electron chi connectivity index (χ2n) is 6.73. The molecule has 2 aliphatic rings. The van der Waals surface area contributed by atoms with Gasteiger partial charge in [0.2, 0.25) is 5.91 Å². The summed E-state index contributed by atoms with van der Waals surface area (Å²) < 4.78 is 11.3. The molecule has 2 saturated heterocycles. The molecule has 1 unspecified atom stereocenters. The maximum Gasteiger partial charge on any atom is 0.248 e. The van der Waals surface area contributed by atoms with Gasteiger partial charge in [-0.05, 0) is 56.5 Å². The second-order valence-corrected chi connectivity index (χ2v) is 6.73. The third-order valence-electron chi connectivity index (χ3n) is 5.09. The molecule has 0 aromatic heterocycles. The Morgan fingerprint density at radius 1 is 1.39 bits per heavy atom. The topological polar surface area (TPSA) is 50.8 Å². The maximum absolute atomic E-state index is 12.3. The van der Waals surface area contributed by atoms with Gasteiger partial charge in [-0.3, -0.25) is 4.79 Å². The average molecular weight is 318 g/mol. The van der Waals surface area contributed by atoms with Crippen LogP contribution in [0.2, 0.25) is 0 Å². The molecule has 2 fully saturated rings. The Morgan fingerprint density at radius 3 is 2.91 bits per heavy atom. The van der Waals surface area contributed by atoms with Gasteiger partial charge in [0.15, 0.2) is 0 Å². The Labute approximate surface area is 137 Å². The van der Waals surface area contributed by atoms with E-state index in [2.05, 4.69) is 12.2 Å². The van der Waals surface area contributed by atoms with Gasteiger partial charge in [0.1, 0.15) is 12.4 Å². The van der Waals surface area contributed by atoms with Crippen molar-refractivity contribution in [2.45, 2.75) is 31.9 Å². The Kier molecular flexibility index (Phi) is 4.87. The van der Waals surface area contributed by atoms with Crippen molar-refractivity contribution in [2.75, 3.05) is 33.4 Å². The van der Waals surface area contributed by atoms with E-state index >= 15 is 0 Å². The highest BCUT2D eigenvalue weighted by atomic mass is 16.5. The minimum absolute atomic E-state index is 0.0687. The Hall–Kier alpha value is -1.59. The summed E-state index contributed by atoms with van der Waals surface area (Å²) in [4.78, 5) is 14.2. The fourth-order valence-electron chi connectivity index (χ4n) is 3.65. The normalized spacial score (nSPS) is 26.3. The number of hydrogen-bond donors (Lipinski definition) is 1. The average Bonchev–Trinajstić information content (AvgIpc) is 2.59. The molecular weight excluding hydrogens is 292 g/mol. The van der Waals surface area contributed by atoms with Crippen LogP contribution in [0.4, 0.5) is 0 Å². The lowest BCUT2D eigenvalue weighted by Crippen LogP contribution is -2.57. The van der Waals surface area contributed by atoms with E-state index in [0.29, 0.717) is 19.0 Å². The van der Waals surface area contributed by atoms with Crippen LogP contribution in [0.3, 0.4) is 0 Å². The Morgan fingerprint density at radius 2 is 2.17 bits per heavy atom. The lowest BCUT2D eigenvalue weighted by molar-refractivity contribution is -0.172. The smallest absolute Gasteiger partial charge is 0.248 e. The number of rotatable bonds is 4. The van der Waals surface area contributed by atoms with Crippen molar-refractivity contribution in [3.8, 4) is 5.75 Å². The number of nitrogens with zero attached hydrogens (tertiary/aromatic N) is 1. The van der Waals surface area contributed by atoms with Crippen molar-refractivity contribution in [3.63, 3.8) is 0 Å². The molecule has 0 radical (unpaired) electrons. The number of piperidine rings is 1. The fourth-order valence-corrected chi connectivity index (χ4v) is 3.65. The summed E-state index contributed by atoms with van der Waals surface area (Å²) in [6.45, 7) is 5.69. The summed E-state index contributed by atoms with van der Waals surface area (Å²) in [6.07, 6.45) is 2.22. The molecule has 3 rings (SSSR count). The van der Waals surface area contributed by atoms with Gasteiger partial charge in [-0.1, -0.05) is 12.1 Å². The van der Waals surface area contributed by atoms with Crippen LogP contribution in [-0.4, -0.2) is 49.8 Å². The first-order chi connectivity index (χ1) is 11.1. The van der Waals surface area contributed by atoms with Gasteiger partial charge in [0, 0.05) is 6.54 Å². The molecule has 1 aromatic carbocycles. The summed E-state index contributed by atoms with van der Waals surface area (Å²) in [5, 5.41) is 3.39. The number of nitrogens with one attached hydrogen (secondary N) is 1. The molecule has 0 bridgehead atoms. The zero-order valence-electron chi connectivity index (χ0n) is 14.0. The zero-order chi connectivity index (χ0) is 16.3. The first kappa shape index (κ1) is 16.3. The van der Waals surface area contributed by atoms with E-state index < -0.39 is 0 Å². The monoisotopic (exact) mass is 318 g/mol. The van der Waals surface area contributed by atoms with Gasteiger partial charge < -0.3 is 19.7 Å². The molecule has 0 spiro atoms. The van der Waals surface area contributed by atoms with E-state index in [-0.39, 0.29) is 18.1 Å². The molecule has 5 heteroatoms. The maximum atomic E-state index is 12.3. The second kappa shape index (κ2) is 6.89. The standard InChI is InChI=1S/C18H26N2O3/c1-18(15-6-8-19-9-7-15)13-20(17(21)12-23-18)11-14-4-3-5-16(10-14)22-2/h3-5,10,15,19H,6-9,11-13H2,1-2H3. The highest BCUT2D eigenvalue weighted by Gasteiger charge is 2.42. The minimum Gasteiger partial charge on any atom is -0.497 e. The quantitative estimate of drug-likeness (QED) is 0.920. The molecule has 1 atom stereocenters. The van der Waals surface area contributed by atoms with Crippen LogP contribution in [0.5, 0.6) is 5.75 Å². The number of carbonyl (C=O) groups excluding carboxylic acids is 1. The molecular formula is C18H26N2O3. The number of amides is 1. The summed E-state index contributed by atoms with van der Waals surface area (Å²) in [5.74, 6) is 1.40. The Balaban J connectivity index is 1.71. The first-order valence-corrected chi connectivity index (χ1v) is 8.36. The molecule has 1 amide bonds. The van der Waals surface area contributed by atoms with Gasteiger partial charge in [0.05, 0.1) is 19.3 Å². The van der Waals surface area contributed by atoms with E-state index in [1.165, 1.54) is 0 Å². The van der Waals surface area contributed by atoms with Crippen molar-refractivity contribution in [3.05, 3.63) is 29.8 Å². The molecule has 1 aromatic rings. The van der Waals surface area contributed by atoms with E-state index in [1.54, 1.807) is 7.11 Å². The van der Waals surface area contributed by atoms with E-state index in [9.17, 15) is 4.79 Å². The van der Waals surface area contributed by atoms with Crippen molar-refractivity contribution in [1.82, 2.24) is 10.2 Å². The molecule has 2 aliphatic heterocycles. The molecule has 2 heterocycles. The van der Waals surface area contributed by atoms with Crippen molar-refractivity contribution >= 4 is 5.91 Å². The van der Waals surface area contributed by atoms with E-state index in [1.807, 2.05) is 29.2 Å². The lowest BCUT2D eigenvalue weighted by atomic mass is 9.81. The van der Waals surface area contributed by atoms with E-state index in [4.69, 9.17) is 9.47 Å².